The Morgan fingerprint density at radius 1 is 1.38 bits per heavy atom. The number of amides is 1. The predicted octanol–water partition coefficient (Wildman–Crippen LogP) is 1.37. The molecule has 1 aromatic carbocycles. The molecule has 0 spiro atoms. The van der Waals surface area contributed by atoms with Gasteiger partial charge in [0.15, 0.2) is 0 Å². The summed E-state index contributed by atoms with van der Waals surface area (Å²) in [5, 5.41) is 20.6. The zero-order valence-corrected chi connectivity index (χ0v) is 11.6. The van der Waals surface area contributed by atoms with Crippen molar-refractivity contribution in [1.82, 2.24) is 4.90 Å². The normalized spacial score (nSPS) is 27.7. The lowest BCUT2D eigenvalue weighted by molar-refractivity contribution is -0.384. The van der Waals surface area contributed by atoms with Crippen molar-refractivity contribution in [3.63, 3.8) is 0 Å². The third-order valence-electron chi connectivity index (χ3n) is 4.65. The van der Waals surface area contributed by atoms with Crippen LogP contribution in [0.4, 0.5) is 5.69 Å². The number of carbonyl (C=O) groups is 1. The Balaban J connectivity index is 1.65. The van der Waals surface area contributed by atoms with Crippen LogP contribution in [0, 0.1) is 22.0 Å². The van der Waals surface area contributed by atoms with Gasteiger partial charge in [-0.2, -0.15) is 0 Å². The van der Waals surface area contributed by atoms with Crippen LogP contribution >= 0.6 is 0 Å². The van der Waals surface area contributed by atoms with Gasteiger partial charge in [-0.3, -0.25) is 14.9 Å². The molecule has 1 N–H and O–H groups in total. The Hall–Kier alpha value is -1.95. The molecule has 112 valence electrons. The summed E-state index contributed by atoms with van der Waals surface area (Å²) in [4.78, 5) is 24.4. The number of non-ortho nitro benzene ring substituents is 1. The first-order chi connectivity index (χ1) is 10.0. The fourth-order valence-electron chi connectivity index (χ4n) is 3.51. The molecule has 6 nitrogen and oxygen atoms in total. The summed E-state index contributed by atoms with van der Waals surface area (Å²) >= 11 is 0. The molecule has 1 aliphatic carbocycles. The minimum atomic E-state index is -0.454. The number of nitrogens with zero attached hydrogens (tertiary/aromatic N) is 2. The van der Waals surface area contributed by atoms with Crippen LogP contribution in [0.15, 0.2) is 24.3 Å². The fraction of sp³-hybridized carbons (Fsp3) is 0.533. The van der Waals surface area contributed by atoms with Crippen LogP contribution in [0.25, 0.3) is 0 Å². The zero-order chi connectivity index (χ0) is 15.0. The van der Waals surface area contributed by atoms with Crippen molar-refractivity contribution in [2.24, 2.45) is 11.8 Å². The summed E-state index contributed by atoms with van der Waals surface area (Å²) in [7, 11) is 0. The molecule has 21 heavy (non-hydrogen) atoms. The molecule has 2 fully saturated rings. The molecule has 1 aliphatic heterocycles. The second-order valence-corrected chi connectivity index (χ2v) is 5.97. The van der Waals surface area contributed by atoms with E-state index in [1.807, 2.05) is 0 Å². The number of nitro groups is 1. The van der Waals surface area contributed by atoms with E-state index in [4.69, 9.17) is 0 Å². The molecule has 0 radical (unpaired) electrons. The average Bonchev–Trinajstić information content (AvgIpc) is 3.02. The summed E-state index contributed by atoms with van der Waals surface area (Å²) in [5.74, 6) is 0.602. The van der Waals surface area contributed by atoms with Crippen LogP contribution in [-0.2, 0) is 11.2 Å². The number of carbonyl (C=O) groups excluding carboxylic acids is 1. The molecule has 0 aromatic heterocycles. The number of fused-ring (bicyclic) bond motifs is 1. The van der Waals surface area contributed by atoms with E-state index in [0.29, 0.717) is 24.6 Å². The quantitative estimate of drug-likeness (QED) is 0.673. The molecule has 1 saturated heterocycles. The standard InChI is InChI=1S/C15H18N2O4/c18-14-5-4-11-8-16(9-13(11)14)15(19)7-10-2-1-3-12(6-10)17(20)21/h1-3,6,11,13-14,18H,4-5,7-9H2. The SMILES string of the molecule is O=C(Cc1cccc([N+](=O)[O-])c1)N1CC2CCC(O)C2C1. The van der Waals surface area contributed by atoms with E-state index < -0.39 is 4.92 Å². The van der Waals surface area contributed by atoms with E-state index in [-0.39, 0.29) is 30.0 Å². The second-order valence-electron chi connectivity index (χ2n) is 5.97. The average molecular weight is 290 g/mol. The largest absolute Gasteiger partial charge is 0.393 e. The van der Waals surface area contributed by atoms with Gasteiger partial charge in [-0.1, -0.05) is 12.1 Å². The van der Waals surface area contributed by atoms with Crippen molar-refractivity contribution in [2.45, 2.75) is 25.4 Å². The molecule has 2 aliphatic rings. The van der Waals surface area contributed by atoms with Crippen molar-refractivity contribution < 1.29 is 14.8 Å². The minimum Gasteiger partial charge on any atom is -0.393 e. The molecule has 3 unspecified atom stereocenters. The Bertz CT molecular complexity index is 575. The Morgan fingerprint density at radius 3 is 2.90 bits per heavy atom. The number of nitro benzene ring substituents is 1. The van der Waals surface area contributed by atoms with Gasteiger partial charge >= 0.3 is 0 Å². The van der Waals surface area contributed by atoms with Crippen molar-refractivity contribution in [2.75, 3.05) is 13.1 Å². The number of aliphatic hydroxyl groups excluding tert-OH is 1. The highest BCUT2D eigenvalue weighted by Gasteiger charge is 2.43. The summed E-state index contributed by atoms with van der Waals surface area (Å²) in [5.41, 5.74) is 0.667. The van der Waals surface area contributed by atoms with Crippen LogP contribution < -0.4 is 0 Å². The first-order valence-corrected chi connectivity index (χ1v) is 7.24. The van der Waals surface area contributed by atoms with Gasteiger partial charge in [-0.15, -0.1) is 0 Å². The van der Waals surface area contributed by atoms with E-state index in [1.165, 1.54) is 12.1 Å². The number of benzene rings is 1. The third-order valence-corrected chi connectivity index (χ3v) is 4.65. The van der Waals surface area contributed by atoms with E-state index >= 15 is 0 Å². The molecule has 1 saturated carbocycles. The fourth-order valence-corrected chi connectivity index (χ4v) is 3.51. The number of likely N-dealkylation sites (tertiary alicyclic amines) is 1. The van der Waals surface area contributed by atoms with Gasteiger partial charge in [0.1, 0.15) is 0 Å². The van der Waals surface area contributed by atoms with Crippen LogP contribution in [0.5, 0.6) is 0 Å². The second kappa shape index (κ2) is 5.44. The number of aliphatic hydroxyl groups is 1. The highest BCUT2D eigenvalue weighted by molar-refractivity contribution is 5.79. The molecule has 3 atom stereocenters. The molecular formula is C15H18N2O4. The van der Waals surface area contributed by atoms with E-state index in [9.17, 15) is 20.0 Å². The lowest BCUT2D eigenvalue weighted by Crippen LogP contribution is -2.32. The van der Waals surface area contributed by atoms with Gasteiger partial charge < -0.3 is 10.0 Å². The van der Waals surface area contributed by atoms with E-state index in [1.54, 1.807) is 17.0 Å². The summed E-state index contributed by atoms with van der Waals surface area (Å²) in [6.45, 7) is 1.31. The molecule has 6 heteroatoms. The van der Waals surface area contributed by atoms with Gasteiger partial charge in [-0.25, -0.2) is 0 Å². The highest BCUT2D eigenvalue weighted by atomic mass is 16.6. The summed E-state index contributed by atoms with van der Waals surface area (Å²) in [6.07, 6.45) is 1.71. The molecule has 3 rings (SSSR count). The molecule has 1 aromatic rings. The lowest BCUT2D eigenvalue weighted by Gasteiger charge is -2.18. The van der Waals surface area contributed by atoms with Crippen LogP contribution in [-0.4, -0.2) is 40.0 Å². The minimum absolute atomic E-state index is 0.00835. The highest BCUT2D eigenvalue weighted by Crippen LogP contribution is 2.38. The maximum atomic E-state index is 12.3. The third kappa shape index (κ3) is 2.76. The first-order valence-electron chi connectivity index (χ1n) is 7.24. The molecule has 1 heterocycles. The van der Waals surface area contributed by atoms with Crippen LogP contribution in [0.2, 0.25) is 0 Å². The maximum Gasteiger partial charge on any atom is 0.269 e. The van der Waals surface area contributed by atoms with Crippen LogP contribution in [0.3, 0.4) is 0 Å². The number of rotatable bonds is 3. The van der Waals surface area contributed by atoms with Gasteiger partial charge in [0.25, 0.3) is 5.69 Å². The number of hydrogen-bond donors (Lipinski definition) is 1. The molecule has 1 amide bonds. The van der Waals surface area contributed by atoms with Crippen LogP contribution in [0.1, 0.15) is 18.4 Å². The van der Waals surface area contributed by atoms with Crippen molar-refractivity contribution in [3.05, 3.63) is 39.9 Å². The Labute approximate surface area is 122 Å². The smallest absolute Gasteiger partial charge is 0.269 e. The lowest BCUT2D eigenvalue weighted by atomic mass is 10.00. The monoisotopic (exact) mass is 290 g/mol. The van der Waals surface area contributed by atoms with Gasteiger partial charge in [0.2, 0.25) is 5.91 Å². The van der Waals surface area contributed by atoms with Gasteiger partial charge in [0, 0.05) is 31.1 Å². The van der Waals surface area contributed by atoms with Crippen molar-refractivity contribution in [1.29, 1.82) is 0 Å². The van der Waals surface area contributed by atoms with Crippen molar-refractivity contribution in [3.8, 4) is 0 Å². The van der Waals surface area contributed by atoms with Gasteiger partial charge in [-0.05, 0) is 24.3 Å². The topological polar surface area (TPSA) is 83.7 Å². The molecular weight excluding hydrogens is 272 g/mol. The van der Waals surface area contributed by atoms with E-state index in [2.05, 4.69) is 0 Å². The summed E-state index contributed by atoms with van der Waals surface area (Å²) in [6, 6.07) is 6.20. The summed E-state index contributed by atoms with van der Waals surface area (Å²) < 4.78 is 0. The van der Waals surface area contributed by atoms with E-state index in [0.717, 1.165) is 12.8 Å². The van der Waals surface area contributed by atoms with Gasteiger partial charge in [0.05, 0.1) is 17.4 Å². The Morgan fingerprint density at radius 2 is 2.19 bits per heavy atom. The number of hydrogen-bond acceptors (Lipinski definition) is 4. The first kappa shape index (κ1) is 14.0. The zero-order valence-electron chi connectivity index (χ0n) is 11.6. The maximum absolute atomic E-state index is 12.3. The Kier molecular flexibility index (Phi) is 3.63. The molecule has 0 bridgehead atoms. The van der Waals surface area contributed by atoms with Crippen molar-refractivity contribution >= 4 is 11.6 Å². The predicted molar refractivity (Wildman–Crippen MR) is 75.6 cm³/mol.